The Morgan fingerprint density at radius 2 is 1.59 bits per heavy atom. The highest BCUT2D eigenvalue weighted by atomic mass is 16.1. The van der Waals surface area contributed by atoms with Crippen LogP contribution in [0.2, 0.25) is 0 Å². The summed E-state index contributed by atoms with van der Waals surface area (Å²) in [6, 6.07) is 17.8. The first-order valence-corrected chi connectivity index (χ1v) is 7.75. The van der Waals surface area contributed by atoms with Crippen molar-refractivity contribution in [2.75, 3.05) is 35.2 Å². The van der Waals surface area contributed by atoms with E-state index in [1.807, 2.05) is 42.5 Å². The number of nitrogens with one attached hydrogen (secondary N) is 2. The molecule has 0 spiro atoms. The molecule has 114 valence electrons. The number of anilines is 3. The molecule has 0 saturated carbocycles. The van der Waals surface area contributed by atoms with Gasteiger partial charge in [0.1, 0.15) is 0 Å². The van der Waals surface area contributed by atoms with Crippen LogP contribution in [-0.2, 0) is 4.79 Å². The molecule has 0 unspecified atom stereocenters. The number of rotatable bonds is 5. The molecule has 0 aromatic heterocycles. The number of carbonyl (C=O) groups is 1. The van der Waals surface area contributed by atoms with Gasteiger partial charge in [0.15, 0.2) is 0 Å². The van der Waals surface area contributed by atoms with Gasteiger partial charge in [0.2, 0.25) is 5.91 Å². The summed E-state index contributed by atoms with van der Waals surface area (Å²) in [4.78, 5) is 14.3. The molecule has 4 nitrogen and oxygen atoms in total. The summed E-state index contributed by atoms with van der Waals surface area (Å²) in [7, 11) is 0. The Bertz CT molecular complexity index is 604. The molecule has 1 fully saturated rings. The summed E-state index contributed by atoms with van der Waals surface area (Å²) in [5.41, 5.74) is 3.04. The van der Waals surface area contributed by atoms with Crippen LogP contribution in [0.4, 0.5) is 17.1 Å². The lowest BCUT2D eigenvalue weighted by Crippen LogP contribution is -2.21. The van der Waals surface area contributed by atoms with Gasteiger partial charge in [-0.3, -0.25) is 4.79 Å². The van der Waals surface area contributed by atoms with Gasteiger partial charge in [-0.15, -0.1) is 0 Å². The molecule has 1 amide bonds. The fourth-order valence-corrected chi connectivity index (χ4v) is 2.67. The second-order valence-electron chi connectivity index (χ2n) is 5.51. The van der Waals surface area contributed by atoms with E-state index >= 15 is 0 Å². The largest absolute Gasteiger partial charge is 0.376 e. The fraction of sp³-hybridized carbons (Fsp3) is 0.278. The minimum Gasteiger partial charge on any atom is -0.376 e. The first-order valence-electron chi connectivity index (χ1n) is 7.75. The SMILES string of the molecule is O=C(CNc1ccc(N2CCCC2)cc1)Nc1ccccc1. The van der Waals surface area contributed by atoms with Gasteiger partial charge in [0.25, 0.3) is 0 Å². The van der Waals surface area contributed by atoms with Gasteiger partial charge in [0.05, 0.1) is 6.54 Å². The molecular weight excluding hydrogens is 274 g/mol. The van der Waals surface area contributed by atoms with Crippen molar-refractivity contribution in [3.63, 3.8) is 0 Å². The zero-order chi connectivity index (χ0) is 15.2. The van der Waals surface area contributed by atoms with E-state index in [1.165, 1.54) is 18.5 Å². The van der Waals surface area contributed by atoms with E-state index in [0.29, 0.717) is 0 Å². The standard InChI is InChI=1S/C18H21N3O/c22-18(20-16-6-2-1-3-7-16)14-19-15-8-10-17(11-9-15)21-12-4-5-13-21/h1-3,6-11,19H,4-5,12-14H2,(H,20,22). The molecule has 1 saturated heterocycles. The Labute approximate surface area is 131 Å². The lowest BCUT2D eigenvalue weighted by Gasteiger charge is -2.18. The highest BCUT2D eigenvalue weighted by molar-refractivity contribution is 5.93. The lowest BCUT2D eigenvalue weighted by molar-refractivity contribution is -0.114. The molecule has 0 aliphatic carbocycles. The van der Waals surface area contributed by atoms with Crippen LogP contribution in [-0.4, -0.2) is 25.5 Å². The average Bonchev–Trinajstić information content (AvgIpc) is 3.09. The van der Waals surface area contributed by atoms with Crippen molar-refractivity contribution in [2.24, 2.45) is 0 Å². The molecule has 2 aromatic rings. The number of hydrogen-bond donors (Lipinski definition) is 2. The molecule has 1 aliphatic heterocycles. The Balaban J connectivity index is 1.49. The van der Waals surface area contributed by atoms with Gasteiger partial charge in [-0.05, 0) is 49.2 Å². The van der Waals surface area contributed by atoms with E-state index in [2.05, 4.69) is 27.7 Å². The number of nitrogens with zero attached hydrogens (tertiary/aromatic N) is 1. The number of para-hydroxylation sites is 1. The van der Waals surface area contributed by atoms with E-state index in [9.17, 15) is 4.79 Å². The van der Waals surface area contributed by atoms with Crippen LogP contribution in [0.25, 0.3) is 0 Å². The summed E-state index contributed by atoms with van der Waals surface area (Å²) in [5.74, 6) is -0.0465. The number of hydrogen-bond acceptors (Lipinski definition) is 3. The van der Waals surface area contributed by atoms with E-state index < -0.39 is 0 Å². The van der Waals surface area contributed by atoms with Gasteiger partial charge >= 0.3 is 0 Å². The van der Waals surface area contributed by atoms with E-state index in [4.69, 9.17) is 0 Å². The third-order valence-electron chi connectivity index (χ3n) is 3.85. The highest BCUT2D eigenvalue weighted by Crippen LogP contribution is 2.21. The molecule has 0 radical (unpaired) electrons. The van der Waals surface area contributed by atoms with Crippen molar-refractivity contribution >= 4 is 23.0 Å². The Hall–Kier alpha value is -2.49. The minimum absolute atomic E-state index is 0.0465. The van der Waals surface area contributed by atoms with Crippen LogP contribution in [0.1, 0.15) is 12.8 Å². The summed E-state index contributed by atoms with van der Waals surface area (Å²) < 4.78 is 0. The first-order chi connectivity index (χ1) is 10.8. The van der Waals surface area contributed by atoms with Gasteiger partial charge in [0, 0.05) is 30.2 Å². The van der Waals surface area contributed by atoms with E-state index in [0.717, 1.165) is 24.5 Å². The quantitative estimate of drug-likeness (QED) is 0.889. The third kappa shape index (κ3) is 3.79. The highest BCUT2D eigenvalue weighted by Gasteiger charge is 2.11. The average molecular weight is 295 g/mol. The molecule has 2 aromatic carbocycles. The van der Waals surface area contributed by atoms with Crippen molar-refractivity contribution in [3.05, 3.63) is 54.6 Å². The van der Waals surface area contributed by atoms with Crippen molar-refractivity contribution in [3.8, 4) is 0 Å². The van der Waals surface area contributed by atoms with Crippen LogP contribution in [0.15, 0.2) is 54.6 Å². The predicted molar refractivity (Wildman–Crippen MR) is 91.5 cm³/mol. The zero-order valence-electron chi connectivity index (χ0n) is 12.6. The van der Waals surface area contributed by atoms with Gasteiger partial charge in [-0.2, -0.15) is 0 Å². The second kappa shape index (κ2) is 6.98. The van der Waals surface area contributed by atoms with Gasteiger partial charge in [-0.25, -0.2) is 0 Å². The maximum Gasteiger partial charge on any atom is 0.243 e. The molecule has 0 atom stereocenters. The number of carbonyl (C=O) groups excluding carboxylic acids is 1. The normalized spacial score (nSPS) is 13.9. The summed E-state index contributed by atoms with van der Waals surface area (Å²) >= 11 is 0. The summed E-state index contributed by atoms with van der Waals surface area (Å²) in [6.45, 7) is 2.55. The van der Waals surface area contributed by atoms with Crippen molar-refractivity contribution in [1.82, 2.24) is 0 Å². The lowest BCUT2D eigenvalue weighted by atomic mass is 10.2. The van der Waals surface area contributed by atoms with Crippen molar-refractivity contribution in [2.45, 2.75) is 12.8 Å². The molecule has 1 heterocycles. The smallest absolute Gasteiger partial charge is 0.243 e. The van der Waals surface area contributed by atoms with Crippen LogP contribution < -0.4 is 15.5 Å². The van der Waals surface area contributed by atoms with Gasteiger partial charge in [-0.1, -0.05) is 18.2 Å². The van der Waals surface area contributed by atoms with Crippen molar-refractivity contribution < 1.29 is 4.79 Å². The van der Waals surface area contributed by atoms with Crippen LogP contribution in [0.3, 0.4) is 0 Å². The monoisotopic (exact) mass is 295 g/mol. The third-order valence-corrected chi connectivity index (χ3v) is 3.85. The molecule has 1 aliphatic rings. The second-order valence-corrected chi connectivity index (χ2v) is 5.51. The predicted octanol–water partition coefficient (Wildman–Crippen LogP) is 3.34. The Morgan fingerprint density at radius 3 is 2.27 bits per heavy atom. The van der Waals surface area contributed by atoms with Gasteiger partial charge < -0.3 is 15.5 Å². The zero-order valence-corrected chi connectivity index (χ0v) is 12.6. The maximum absolute atomic E-state index is 11.9. The minimum atomic E-state index is -0.0465. The van der Waals surface area contributed by atoms with E-state index in [1.54, 1.807) is 0 Å². The van der Waals surface area contributed by atoms with Crippen LogP contribution >= 0.6 is 0 Å². The van der Waals surface area contributed by atoms with Crippen molar-refractivity contribution in [1.29, 1.82) is 0 Å². The molecule has 0 bridgehead atoms. The van der Waals surface area contributed by atoms with Crippen LogP contribution in [0.5, 0.6) is 0 Å². The maximum atomic E-state index is 11.9. The number of amides is 1. The fourth-order valence-electron chi connectivity index (χ4n) is 2.67. The van der Waals surface area contributed by atoms with E-state index in [-0.39, 0.29) is 12.5 Å². The number of benzene rings is 2. The molecule has 3 rings (SSSR count). The molecule has 4 heteroatoms. The summed E-state index contributed by atoms with van der Waals surface area (Å²) in [6.07, 6.45) is 2.55. The molecular formula is C18H21N3O. The Morgan fingerprint density at radius 1 is 0.909 bits per heavy atom. The topological polar surface area (TPSA) is 44.4 Å². The Kier molecular flexibility index (Phi) is 4.59. The summed E-state index contributed by atoms with van der Waals surface area (Å²) in [5, 5.41) is 6.01. The molecule has 2 N–H and O–H groups in total. The first kappa shape index (κ1) is 14.4. The molecule has 22 heavy (non-hydrogen) atoms. The van der Waals surface area contributed by atoms with Crippen LogP contribution in [0, 0.1) is 0 Å².